The van der Waals surface area contributed by atoms with E-state index in [4.69, 9.17) is 11.6 Å². The molecule has 0 fully saturated rings. The van der Waals surface area contributed by atoms with Gasteiger partial charge in [-0.2, -0.15) is 0 Å². The van der Waals surface area contributed by atoms with Gasteiger partial charge in [0.2, 0.25) is 0 Å². The van der Waals surface area contributed by atoms with Crippen molar-refractivity contribution in [1.82, 2.24) is 4.98 Å². The second-order valence-electron chi connectivity index (χ2n) is 4.31. The van der Waals surface area contributed by atoms with Gasteiger partial charge in [0, 0.05) is 24.1 Å². The maximum absolute atomic E-state index is 6.11. The van der Waals surface area contributed by atoms with Gasteiger partial charge in [-0.3, -0.25) is 0 Å². The van der Waals surface area contributed by atoms with Crippen LogP contribution in [0.15, 0.2) is 30.3 Å². The molecule has 0 saturated heterocycles. The molecule has 4 heteroatoms. The van der Waals surface area contributed by atoms with Crippen LogP contribution in [0.3, 0.4) is 0 Å². The number of aryl methyl sites for hydroxylation is 2. The Kier molecular flexibility index (Phi) is 5.94. The molecule has 2 aromatic rings. The molecular weight excluding hydrogens is 371 g/mol. The molecule has 0 atom stereocenters. The number of hydrogen-bond donors (Lipinski definition) is 0. The van der Waals surface area contributed by atoms with Gasteiger partial charge >= 0.3 is 5.82 Å². The van der Waals surface area contributed by atoms with Crippen molar-refractivity contribution >= 4 is 23.8 Å². The molecule has 0 saturated carbocycles. The molecule has 2 nitrogen and oxygen atoms in total. The molecule has 0 spiro atoms. The van der Waals surface area contributed by atoms with Crippen molar-refractivity contribution in [3.63, 3.8) is 0 Å². The fourth-order valence-corrected chi connectivity index (χ4v) is 1.99. The van der Waals surface area contributed by atoms with E-state index in [2.05, 4.69) is 22.5 Å². The Hall–Kier alpha value is -0.940. The van der Waals surface area contributed by atoms with E-state index in [0.29, 0.717) is 0 Å². The number of nitrogens with zero attached hydrogens (tertiary/aromatic N) is 2. The fraction of sp³-hybridized carbons (Fsp3) is 0.200. The molecule has 0 radical (unpaired) electrons. The second kappa shape index (κ2) is 7.01. The Morgan fingerprint density at radius 3 is 2.53 bits per heavy atom. The molecular formula is C15H16ClIN2. The minimum Gasteiger partial charge on any atom is -1.00 e. The first-order chi connectivity index (χ1) is 8.58. The summed E-state index contributed by atoms with van der Waals surface area (Å²) in [5, 5.41) is 0.751. The van der Waals surface area contributed by atoms with E-state index in [1.165, 1.54) is 5.69 Å². The van der Waals surface area contributed by atoms with Crippen LogP contribution in [0.2, 0.25) is 5.02 Å². The minimum absolute atomic E-state index is 0. The third-order valence-electron chi connectivity index (χ3n) is 2.90. The van der Waals surface area contributed by atoms with Gasteiger partial charge < -0.3 is 24.0 Å². The molecule has 100 valence electrons. The van der Waals surface area contributed by atoms with Crippen molar-refractivity contribution in [2.24, 2.45) is 7.05 Å². The smallest absolute Gasteiger partial charge is 0.323 e. The van der Waals surface area contributed by atoms with E-state index in [1.807, 2.05) is 50.4 Å². The lowest BCUT2D eigenvalue weighted by atomic mass is 10.2. The van der Waals surface area contributed by atoms with Crippen LogP contribution in [0.25, 0.3) is 12.2 Å². The van der Waals surface area contributed by atoms with Gasteiger partial charge in [-0.15, -0.1) is 0 Å². The molecule has 1 aromatic heterocycles. The third kappa shape index (κ3) is 4.01. The molecule has 0 unspecified atom stereocenters. The fourth-order valence-electron chi connectivity index (χ4n) is 1.79. The average Bonchev–Trinajstić information content (AvgIpc) is 2.33. The molecule has 1 aromatic carbocycles. The van der Waals surface area contributed by atoms with E-state index in [9.17, 15) is 0 Å². The minimum atomic E-state index is 0. The Morgan fingerprint density at radius 2 is 1.84 bits per heavy atom. The molecule has 0 amide bonds. The van der Waals surface area contributed by atoms with Gasteiger partial charge in [-0.05, 0) is 29.6 Å². The van der Waals surface area contributed by atoms with Gasteiger partial charge in [0.1, 0.15) is 5.69 Å². The molecule has 0 bridgehead atoms. The van der Waals surface area contributed by atoms with E-state index in [0.717, 1.165) is 22.1 Å². The highest BCUT2D eigenvalue weighted by Gasteiger charge is 2.09. The normalized spacial score (nSPS) is 10.5. The third-order valence-corrected chi connectivity index (χ3v) is 3.24. The van der Waals surface area contributed by atoms with Gasteiger partial charge in [-0.25, -0.2) is 4.57 Å². The summed E-state index contributed by atoms with van der Waals surface area (Å²) in [4.78, 5) is 4.51. The summed E-state index contributed by atoms with van der Waals surface area (Å²) in [7, 11) is 2.01. The van der Waals surface area contributed by atoms with E-state index >= 15 is 0 Å². The predicted octanol–water partition coefficient (Wildman–Crippen LogP) is 0.351. The van der Waals surface area contributed by atoms with Crippen LogP contribution in [-0.2, 0) is 7.05 Å². The predicted molar refractivity (Wildman–Crippen MR) is 75.3 cm³/mol. The Bertz CT molecular complexity index is 609. The summed E-state index contributed by atoms with van der Waals surface area (Å²) < 4.78 is 2.06. The van der Waals surface area contributed by atoms with Crippen molar-refractivity contribution in [3.8, 4) is 0 Å². The number of halogens is 2. The average molecular weight is 387 g/mol. The van der Waals surface area contributed by atoms with Crippen LogP contribution in [0.4, 0.5) is 0 Å². The van der Waals surface area contributed by atoms with Crippen molar-refractivity contribution in [2.75, 3.05) is 0 Å². The Morgan fingerprint density at radius 1 is 1.16 bits per heavy atom. The number of benzene rings is 1. The molecule has 2 rings (SSSR count). The van der Waals surface area contributed by atoms with Crippen LogP contribution in [0.5, 0.6) is 0 Å². The highest BCUT2D eigenvalue weighted by molar-refractivity contribution is 6.32. The zero-order chi connectivity index (χ0) is 13.1. The van der Waals surface area contributed by atoms with E-state index in [1.54, 1.807) is 0 Å². The van der Waals surface area contributed by atoms with Crippen LogP contribution < -0.4 is 28.5 Å². The monoisotopic (exact) mass is 386 g/mol. The maximum atomic E-state index is 6.11. The van der Waals surface area contributed by atoms with Crippen LogP contribution in [0, 0.1) is 13.8 Å². The number of aromatic nitrogens is 2. The highest BCUT2D eigenvalue weighted by atomic mass is 127. The van der Waals surface area contributed by atoms with Gasteiger partial charge in [-0.1, -0.05) is 29.8 Å². The summed E-state index contributed by atoms with van der Waals surface area (Å²) in [5.41, 5.74) is 3.20. The van der Waals surface area contributed by atoms with Crippen molar-refractivity contribution in [2.45, 2.75) is 13.8 Å². The van der Waals surface area contributed by atoms with Crippen molar-refractivity contribution < 1.29 is 28.5 Å². The molecule has 0 aliphatic heterocycles. The van der Waals surface area contributed by atoms with Gasteiger partial charge in [0.05, 0.1) is 7.05 Å². The van der Waals surface area contributed by atoms with E-state index < -0.39 is 0 Å². The van der Waals surface area contributed by atoms with Gasteiger partial charge in [0.25, 0.3) is 0 Å². The largest absolute Gasteiger partial charge is 1.00 e. The van der Waals surface area contributed by atoms with Crippen LogP contribution in [0.1, 0.15) is 22.8 Å². The second-order valence-corrected chi connectivity index (χ2v) is 4.72. The Balaban J connectivity index is 0.00000180. The summed E-state index contributed by atoms with van der Waals surface area (Å²) >= 11 is 6.11. The first-order valence-corrected chi connectivity index (χ1v) is 6.22. The summed E-state index contributed by atoms with van der Waals surface area (Å²) in [5.74, 6) is 0.924. The first-order valence-electron chi connectivity index (χ1n) is 5.85. The molecule has 0 aliphatic rings. The topological polar surface area (TPSA) is 16.8 Å². The van der Waals surface area contributed by atoms with Crippen LogP contribution >= 0.6 is 11.6 Å². The lowest BCUT2D eigenvalue weighted by molar-refractivity contribution is -0.682. The molecule has 1 heterocycles. The van der Waals surface area contributed by atoms with Crippen molar-refractivity contribution in [3.05, 3.63) is 58.1 Å². The highest BCUT2D eigenvalue weighted by Crippen LogP contribution is 2.17. The summed E-state index contributed by atoms with van der Waals surface area (Å²) in [6.07, 6.45) is 3.98. The summed E-state index contributed by atoms with van der Waals surface area (Å²) in [6.45, 7) is 4.07. The molecule has 0 N–H and O–H groups in total. The molecule has 0 aliphatic carbocycles. The zero-order valence-corrected chi connectivity index (χ0v) is 14.1. The SMILES string of the molecule is Cc1cc(C)[n+](C)c(/C=C\c2ccccc2Cl)n1.[I-]. The standard InChI is InChI=1S/C15H16ClN2.HI/c1-11-10-12(2)18(3)15(17-11)9-8-13-6-4-5-7-14(13)16;/h4-10H,1-3H3;1H/q+1;/p-1/b9-8-;. The number of hydrogen-bond acceptors (Lipinski definition) is 1. The maximum Gasteiger partial charge on any atom is 0.323 e. The zero-order valence-electron chi connectivity index (χ0n) is 11.2. The first kappa shape index (κ1) is 16.1. The molecule has 19 heavy (non-hydrogen) atoms. The summed E-state index contributed by atoms with van der Waals surface area (Å²) in [6, 6.07) is 9.83. The van der Waals surface area contributed by atoms with E-state index in [-0.39, 0.29) is 24.0 Å². The number of rotatable bonds is 2. The lowest BCUT2D eigenvalue weighted by Gasteiger charge is -2.00. The quantitative estimate of drug-likeness (QED) is 0.538. The lowest BCUT2D eigenvalue weighted by Crippen LogP contribution is -3.00. The van der Waals surface area contributed by atoms with Crippen LogP contribution in [-0.4, -0.2) is 4.98 Å². The Labute approximate surface area is 136 Å². The van der Waals surface area contributed by atoms with Crippen molar-refractivity contribution in [1.29, 1.82) is 0 Å². The van der Waals surface area contributed by atoms with Gasteiger partial charge in [0.15, 0.2) is 5.69 Å².